The molecule has 1 aliphatic rings. The molecule has 0 saturated carbocycles. The molecule has 1 nitrogen and oxygen atoms in total. The number of fused-ring (bicyclic) bond motifs is 1. The van der Waals surface area contributed by atoms with E-state index in [2.05, 4.69) is 63.3 Å². The average Bonchev–Trinajstić information content (AvgIpc) is 2.76. The first-order chi connectivity index (χ1) is 9.54. The van der Waals surface area contributed by atoms with E-state index in [0.29, 0.717) is 6.04 Å². The summed E-state index contributed by atoms with van der Waals surface area (Å²) in [5.41, 5.74) is 9.71. The molecular formula is C19H23N. The first kappa shape index (κ1) is 13.2. The molecule has 1 aliphatic carbocycles. The fourth-order valence-corrected chi connectivity index (χ4v) is 3.45. The van der Waals surface area contributed by atoms with E-state index in [1.54, 1.807) is 0 Å². The van der Waals surface area contributed by atoms with Crippen LogP contribution < -0.4 is 5.32 Å². The molecule has 1 unspecified atom stereocenters. The largest absolute Gasteiger partial charge is 0.378 e. The lowest BCUT2D eigenvalue weighted by atomic mass is 10.0. The van der Waals surface area contributed by atoms with Crippen molar-refractivity contribution in [3.63, 3.8) is 0 Å². The van der Waals surface area contributed by atoms with Crippen LogP contribution in [0.3, 0.4) is 0 Å². The third kappa shape index (κ3) is 2.33. The topological polar surface area (TPSA) is 12.0 Å². The van der Waals surface area contributed by atoms with Crippen molar-refractivity contribution in [1.82, 2.24) is 0 Å². The summed E-state index contributed by atoms with van der Waals surface area (Å²) in [4.78, 5) is 0. The van der Waals surface area contributed by atoms with Crippen molar-refractivity contribution in [2.45, 2.75) is 46.6 Å². The quantitative estimate of drug-likeness (QED) is 0.804. The Hall–Kier alpha value is -1.76. The van der Waals surface area contributed by atoms with E-state index in [0.717, 1.165) is 0 Å². The zero-order valence-corrected chi connectivity index (χ0v) is 12.9. The predicted octanol–water partition coefficient (Wildman–Crippen LogP) is 5.02. The van der Waals surface area contributed by atoms with Gasteiger partial charge in [-0.2, -0.15) is 0 Å². The van der Waals surface area contributed by atoms with Crippen molar-refractivity contribution in [2.75, 3.05) is 5.32 Å². The van der Waals surface area contributed by atoms with Gasteiger partial charge in [-0.15, -0.1) is 0 Å². The van der Waals surface area contributed by atoms with E-state index >= 15 is 0 Å². The Kier molecular flexibility index (Phi) is 3.29. The minimum absolute atomic E-state index is 0.463. The molecule has 0 aliphatic heterocycles. The molecule has 1 atom stereocenters. The van der Waals surface area contributed by atoms with Crippen LogP contribution in [0.4, 0.5) is 5.69 Å². The minimum atomic E-state index is 0.463. The zero-order chi connectivity index (χ0) is 14.3. The van der Waals surface area contributed by atoms with Gasteiger partial charge in [0.25, 0.3) is 0 Å². The Labute approximate surface area is 122 Å². The second-order valence-corrected chi connectivity index (χ2v) is 6.21. The molecule has 0 bridgehead atoms. The summed E-state index contributed by atoms with van der Waals surface area (Å²) in [7, 11) is 0. The fourth-order valence-electron chi connectivity index (χ4n) is 3.45. The minimum Gasteiger partial charge on any atom is -0.378 e. The lowest BCUT2D eigenvalue weighted by Gasteiger charge is -2.20. The summed E-state index contributed by atoms with van der Waals surface area (Å²) in [5, 5.41) is 3.79. The number of benzene rings is 2. The summed E-state index contributed by atoms with van der Waals surface area (Å²) < 4.78 is 0. The highest BCUT2D eigenvalue weighted by Crippen LogP contribution is 2.36. The van der Waals surface area contributed by atoms with Gasteiger partial charge in [0.1, 0.15) is 0 Å². The normalized spacial score (nSPS) is 17.1. The van der Waals surface area contributed by atoms with E-state index in [1.807, 2.05) is 0 Å². The number of anilines is 1. The van der Waals surface area contributed by atoms with Gasteiger partial charge in [-0.1, -0.05) is 41.5 Å². The second kappa shape index (κ2) is 4.97. The molecule has 0 aromatic heterocycles. The third-order valence-corrected chi connectivity index (χ3v) is 4.37. The van der Waals surface area contributed by atoms with Gasteiger partial charge in [-0.05, 0) is 62.8 Å². The number of nitrogens with one attached hydrogen (secondary N) is 1. The van der Waals surface area contributed by atoms with Crippen LogP contribution >= 0.6 is 0 Å². The van der Waals surface area contributed by atoms with Crippen molar-refractivity contribution in [2.24, 2.45) is 0 Å². The maximum absolute atomic E-state index is 3.79. The van der Waals surface area contributed by atoms with Crippen LogP contribution in [0.15, 0.2) is 30.3 Å². The molecule has 1 heteroatoms. The molecule has 3 rings (SSSR count). The molecule has 104 valence electrons. The van der Waals surface area contributed by atoms with E-state index in [-0.39, 0.29) is 0 Å². The Bertz CT molecular complexity index is 632. The van der Waals surface area contributed by atoms with E-state index in [9.17, 15) is 0 Å². The first-order valence-electron chi connectivity index (χ1n) is 7.48. The van der Waals surface area contributed by atoms with Crippen molar-refractivity contribution >= 4 is 5.69 Å². The van der Waals surface area contributed by atoms with Crippen LogP contribution in [0.5, 0.6) is 0 Å². The monoisotopic (exact) mass is 265 g/mol. The average molecular weight is 265 g/mol. The molecule has 0 spiro atoms. The van der Waals surface area contributed by atoms with Crippen LogP contribution in [-0.2, 0) is 6.42 Å². The number of rotatable bonds is 2. The molecule has 0 saturated heterocycles. The van der Waals surface area contributed by atoms with Crippen LogP contribution in [-0.4, -0.2) is 0 Å². The maximum atomic E-state index is 3.79. The summed E-state index contributed by atoms with van der Waals surface area (Å²) >= 11 is 0. The van der Waals surface area contributed by atoms with Gasteiger partial charge in [-0.25, -0.2) is 0 Å². The summed E-state index contributed by atoms with van der Waals surface area (Å²) in [6.45, 7) is 8.75. The van der Waals surface area contributed by atoms with Crippen molar-refractivity contribution in [3.05, 3.63) is 63.7 Å². The van der Waals surface area contributed by atoms with Crippen molar-refractivity contribution in [1.29, 1.82) is 0 Å². The molecule has 1 N–H and O–H groups in total. The first-order valence-corrected chi connectivity index (χ1v) is 7.48. The lowest BCUT2D eigenvalue weighted by Crippen LogP contribution is -2.09. The Balaban J connectivity index is 1.93. The molecule has 0 heterocycles. The Morgan fingerprint density at radius 3 is 2.30 bits per heavy atom. The highest BCUT2D eigenvalue weighted by Gasteiger charge is 2.23. The van der Waals surface area contributed by atoms with E-state index < -0.39 is 0 Å². The van der Waals surface area contributed by atoms with Gasteiger partial charge < -0.3 is 5.32 Å². The van der Waals surface area contributed by atoms with Crippen LogP contribution in [0.1, 0.15) is 45.8 Å². The smallest absolute Gasteiger partial charge is 0.0520 e. The molecule has 0 amide bonds. The zero-order valence-electron chi connectivity index (χ0n) is 12.9. The summed E-state index contributed by atoms with van der Waals surface area (Å²) in [5.74, 6) is 0. The maximum Gasteiger partial charge on any atom is 0.0520 e. The lowest BCUT2D eigenvalue weighted by molar-refractivity contribution is 0.759. The van der Waals surface area contributed by atoms with Crippen molar-refractivity contribution in [3.8, 4) is 0 Å². The van der Waals surface area contributed by atoms with E-state index in [4.69, 9.17) is 0 Å². The van der Waals surface area contributed by atoms with Crippen molar-refractivity contribution < 1.29 is 0 Å². The standard InChI is InChI=1S/C19H23N/c1-12-5-6-16-7-8-18(17(16)11-12)20-19-14(3)9-13(2)10-15(19)4/h5-6,9-11,18,20H,7-8H2,1-4H3. The molecular weight excluding hydrogens is 242 g/mol. The summed E-state index contributed by atoms with van der Waals surface area (Å²) in [6, 6.07) is 11.9. The highest BCUT2D eigenvalue weighted by molar-refractivity contribution is 5.60. The SMILES string of the molecule is Cc1cc(C)c(NC2CCc3ccc(C)cc32)c(C)c1. The van der Waals surface area contributed by atoms with Crippen LogP contribution in [0.2, 0.25) is 0 Å². The highest BCUT2D eigenvalue weighted by atomic mass is 14.9. The van der Waals surface area contributed by atoms with Crippen LogP contribution in [0, 0.1) is 27.7 Å². The Morgan fingerprint density at radius 1 is 0.900 bits per heavy atom. The molecule has 2 aromatic carbocycles. The van der Waals surface area contributed by atoms with Crippen LogP contribution in [0.25, 0.3) is 0 Å². The van der Waals surface area contributed by atoms with Gasteiger partial charge in [0.15, 0.2) is 0 Å². The van der Waals surface area contributed by atoms with Gasteiger partial charge in [0, 0.05) is 5.69 Å². The van der Waals surface area contributed by atoms with Gasteiger partial charge in [-0.3, -0.25) is 0 Å². The summed E-state index contributed by atoms with van der Waals surface area (Å²) in [6.07, 6.45) is 2.39. The molecule has 0 fully saturated rings. The van der Waals surface area contributed by atoms with Gasteiger partial charge >= 0.3 is 0 Å². The molecule has 2 aromatic rings. The molecule has 20 heavy (non-hydrogen) atoms. The fraction of sp³-hybridized carbons (Fsp3) is 0.368. The predicted molar refractivity (Wildman–Crippen MR) is 86.5 cm³/mol. The number of hydrogen-bond acceptors (Lipinski definition) is 1. The molecule has 0 radical (unpaired) electrons. The number of hydrogen-bond donors (Lipinski definition) is 1. The van der Waals surface area contributed by atoms with Gasteiger partial charge in [0.2, 0.25) is 0 Å². The van der Waals surface area contributed by atoms with E-state index in [1.165, 1.54) is 51.9 Å². The third-order valence-electron chi connectivity index (χ3n) is 4.37. The van der Waals surface area contributed by atoms with Gasteiger partial charge in [0.05, 0.1) is 6.04 Å². The number of aryl methyl sites for hydroxylation is 5. The Morgan fingerprint density at radius 2 is 1.60 bits per heavy atom. The second-order valence-electron chi connectivity index (χ2n) is 6.21.